The number of halogens is 1. The second-order valence-electron chi connectivity index (χ2n) is 7.91. The Morgan fingerprint density at radius 2 is 1.91 bits per heavy atom. The molecule has 1 aliphatic rings. The number of piperidine rings is 1. The number of fused-ring (bicyclic) bond motifs is 1. The van der Waals surface area contributed by atoms with Crippen molar-refractivity contribution in [3.05, 3.63) is 60.0 Å². The van der Waals surface area contributed by atoms with Crippen LogP contribution in [0.2, 0.25) is 0 Å². The Kier molecular flexibility index (Phi) is 6.48. The lowest BCUT2D eigenvalue weighted by molar-refractivity contribution is -0.132. The number of benzene rings is 2. The van der Waals surface area contributed by atoms with Gasteiger partial charge in [0.25, 0.3) is 0 Å². The lowest BCUT2D eigenvalue weighted by Crippen LogP contribution is -2.39. The number of aromatic nitrogens is 1. The summed E-state index contributed by atoms with van der Waals surface area (Å²) in [6.45, 7) is 1.26. The molecule has 2 aromatic carbocycles. The van der Waals surface area contributed by atoms with Gasteiger partial charge in [0.05, 0.1) is 12.0 Å². The topological polar surface area (TPSA) is 91.5 Å². The molecule has 1 aromatic heterocycles. The molecule has 1 saturated heterocycles. The molecule has 0 aliphatic carbocycles. The molecular formula is C23H26FN3O4S. The summed E-state index contributed by atoms with van der Waals surface area (Å²) >= 11 is 0. The van der Waals surface area contributed by atoms with Crippen molar-refractivity contribution in [3.8, 4) is 5.75 Å². The van der Waals surface area contributed by atoms with E-state index < -0.39 is 15.8 Å². The Hall–Kier alpha value is -2.91. The standard InChI is InChI=1S/C23H26FN3O4S/c1-31-18-4-7-22-20(14-18)21(15-25-22)16-9-12-27(13-10-16)23(28)8-11-26-32(29,30)19-5-2-17(24)3-6-19/h2-7,14-16,25-26H,8-13H2,1H3. The van der Waals surface area contributed by atoms with Gasteiger partial charge in [0.2, 0.25) is 15.9 Å². The fourth-order valence-electron chi connectivity index (χ4n) is 4.17. The van der Waals surface area contributed by atoms with Crippen molar-refractivity contribution in [3.63, 3.8) is 0 Å². The highest BCUT2D eigenvalue weighted by Gasteiger charge is 2.25. The molecule has 2 heterocycles. The number of nitrogens with one attached hydrogen (secondary N) is 2. The van der Waals surface area contributed by atoms with E-state index in [0.29, 0.717) is 19.0 Å². The number of ether oxygens (including phenoxy) is 1. The van der Waals surface area contributed by atoms with Gasteiger partial charge in [0.1, 0.15) is 11.6 Å². The number of rotatable bonds is 7. The van der Waals surface area contributed by atoms with Gasteiger partial charge in [-0.05, 0) is 66.8 Å². The third kappa shape index (κ3) is 4.78. The van der Waals surface area contributed by atoms with Gasteiger partial charge < -0.3 is 14.6 Å². The molecule has 2 N–H and O–H groups in total. The summed E-state index contributed by atoms with van der Waals surface area (Å²) in [6.07, 6.45) is 3.81. The summed E-state index contributed by atoms with van der Waals surface area (Å²) in [4.78, 5) is 17.6. The molecule has 1 fully saturated rings. The Labute approximate surface area is 186 Å². The lowest BCUT2D eigenvalue weighted by Gasteiger charge is -2.32. The van der Waals surface area contributed by atoms with Crippen molar-refractivity contribution in [2.75, 3.05) is 26.7 Å². The minimum Gasteiger partial charge on any atom is -0.497 e. The van der Waals surface area contributed by atoms with Crippen LogP contribution < -0.4 is 9.46 Å². The van der Waals surface area contributed by atoms with E-state index in [-0.39, 0.29) is 23.8 Å². The molecule has 32 heavy (non-hydrogen) atoms. The van der Waals surface area contributed by atoms with Crippen LogP contribution in [0.25, 0.3) is 10.9 Å². The van der Waals surface area contributed by atoms with E-state index in [1.165, 1.54) is 17.7 Å². The van der Waals surface area contributed by atoms with Crippen molar-refractivity contribution in [2.24, 2.45) is 0 Å². The maximum atomic E-state index is 13.0. The molecule has 0 unspecified atom stereocenters. The Morgan fingerprint density at radius 1 is 1.19 bits per heavy atom. The maximum Gasteiger partial charge on any atom is 0.240 e. The first-order valence-electron chi connectivity index (χ1n) is 10.6. The van der Waals surface area contributed by atoms with Gasteiger partial charge in [0.15, 0.2) is 0 Å². The molecule has 0 bridgehead atoms. The number of H-pyrrole nitrogens is 1. The van der Waals surface area contributed by atoms with E-state index in [4.69, 9.17) is 4.74 Å². The monoisotopic (exact) mass is 459 g/mol. The largest absolute Gasteiger partial charge is 0.497 e. The van der Waals surface area contributed by atoms with Crippen molar-refractivity contribution in [1.29, 1.82) is 0 Å². The zero-order valence-electron chi connectivity index (χ0n) is 17.8. The molecule has 0 radical (unpaired) electrons. The number of carbonyl (C=O) groups excluding carboxylic acids is 1. The maximum absolute atomic E-state index is 13.0. The van der Waals surface area contributed by atoms with Crippen LogP contribution in [-0.4, -0.2) is 51.0 Å². The highest BCUT2D eigenvalue weighted by Crippen LogP contribution is 2.34. The first kappa shape index (κ1) is 22.3. The predicted octanol–water partition coefficient (Wildman–Crippen LogP) is 3.39. The second-order valence-corrected chi connectivity index (χ2v) is 9.68. The fourth-order valence-corrected chi connectivity index (χ4v) is 5.21. The Morgan fingerprint density at radius 3 is 2.59 bits per heavy atom. The van der Waals surface area contributed by atoms with Crippen LogP contribution in [0.5, 0.6) is 5.75 Å². The summed E-state index contributed by atoms with van der Waals surface area (Å²) in [6, 6.07) is 10.5. The van der Waals surface area contributed by atoms with E-state index in [2.05, 4.69) is 9.71 Å². The molecular weight excluding hydrogens is 433 g/mol. The number of aromatic amines is 1. The van der Waals surface area contributed by atoms with E-state index in [0.717, 1.165) is 41.6 Å². The van der Waals surface area contributed by atoms with E-state index >= 15 is 0 Å². The molecule has 3 aromatic rings. The highest BCUT2D eigenvalue weighted by molar-refractivity contribution is 7.89. The first-order chi connectivity index (χ1) is 15.4. The Balaban J connectivity index is 1.30. The fraction of sp³-hybridized carbons (Fsp3) is 0.348. The normalized spacial score (nSPS) is 15.2. The second kappa shape index (κ2) is 9.30. The van der Waals surface area contributed by atoms with Crippen LogP contribution in [0, 0.1) is 5.82 Å². The van der Waals surface area contributed by atoms with Crippen molar-refractivity contribution in [2.45, 2.75) is 30.1 Å². The average molecular weight is 460 g/mol. The SMILES string of the molecule is COc1ccc2[nH]cc(C3CCN(C(=O)CCNS(=O)(=O)c4ccc(F)cc4)CC3)c2c1. The van der Waals surface area contributed by atoms with Gasteiger partial charge in [0, 0.05) is 43.2 Å². The number of likely N-dealkylation sites (tertiary alicyclic amines) is 1. The molecule has 9 heteroatoms. The van der Waals surface area contributed by atoms with Crippen molar-refractivity contribution in [1.82, 2.24) is 14.6 Å². The van der Waals surface area contributed by atoms with Gasteiger partial charge in [-0.1, -0.05) is 0 Å². The summed E-state index contributed by atoms with van der Waals surface area (Å²) in [5.74, 6) is 0.575. The highest BCUT2D eigenvalue weighted by atomic mass is 32.2. The lowest BCUT2D eigenvalue weighted by atomic mass is 9.89. The molecule has 1 amide bonds. The third-order valence-corrected chi connectivity index (χ3v) is 7.44. The van der Waals surface area contributed by atoms with Gasteiger partial charge in [-0.2, -0.15) is 0 Å². The molecule has 0 spiro atoms. The average Bonchev–Trinajstić information content (AvgIpc) is 3.22. The number of amides is 1. The summed E-state index contributed by atoms with van der Waals surface area (Å²) in [5, 5.41) is 1.14. The predicted molar refractivity (Wildman–Crippen MR) is 120 cm³/mol. The summed E-state index contributed by atoms with van der Waals surface area (Å²) in [5.41, 5.74) is 2.30. The van der Waals surface area contributed by atoms with Crippen LogP contribution in [0.3, 0.4) is 0 Å². The van der Waals surface area contributed by atoms with E-state index in [9.17, 15) is 17.6 Å². The molecule has 4 rings (SSSR count). The van der Waals surface area contributed by atoms with Gasteiger partial charge in [-0.25, -0.2) is 17.5 Å². The number of methoxy groups -OCH3 is 1. The smallest absolute Gasteiger partial charge is 0.240 e. The number of nitrogens with zero attached hydrogens (tertiary/aromatic N) is 1. The van der Waals surface area contributed by atoms with Crippen LogP contribution in [0.1, 0.15) is 30.7 Å². The zero-order valence-corrected chi connectivity index (χ0v) is 18.6. The number of sulfonamides is 1. The zero-order chi connectivity index (χ0) is 22.7. The van der Waals surface area contributed by atoms with Gasteiger partial charge >= 0.3 is 0 Å². The van der Waals surface area contributed by atoms with Crippen LogP contribution in [0.4, 0.5) is 4.39 Å². The van der Waals surface area contributed by atoms with Crippen molar-refractivity contribution >= 4 is 26.8 Å². The van der Waals surface area contributed by atoms with E-state index in [1.807, 2.05) is 24.4 Å². The van der Waals surface area contributed by atoms with Gasteiger partial charge in [-0.15, -0.1) is 0 Å². The minimum atomic E-state index is -3.77. The van der Waals surface area contributed by atoms with Crippen LogP contribution in [0.15, 0.2) is 53.6 Å². The third-order valence-electron chi connectivity index (χ3n) is 5.96. The van der Waals surface area contributed by atoms with Crippen LogP contribution in [-0.2, 0) is 14.8 Å². The first-order valence-corrected chi connectivity index (χ1v) is 12.0. The quantitative estimate of drug-likeness (QED) is 0.567. The number of hydrogen-bond donors (Lipinski definition) is 2. The summed E-state index contributed by atoms with van der Waals surface area (Å²) < 4.78 is 45.3. The van der Waals surface area contributed by atoms with Gasteiger partial charge in [-0.3, -0.25) is 4.79 Å². The molecule has 0 saturated carbocycles. The minimum absolute atomic E-state index is 0.000709. The molecule has 170 valence electrons. The number of hydrogen-bond acceptors (Lipinski definition) is 4. The Bertz CT molecular complexity index is 1200. The van der Waals surface area contributed by atoms with E-state index in [1.54, 1.807) is 12.0 Å². The van der Waals surface area contributed by atoms with Crippen molar-refractivity contribution < 1.29 is 22.3 Å². The molecule has 7 nitrogen and oxygen atoms in total. The van der Waals surface area contributed by atoms with Crippen LogP contribution >= 0.6 is 0 Å². The summed E-state index contributed by atoms with van der Waals surface area (Å²) in [7, 11) is -2.12. The number of carbonyl (C=O) groups is 1. The molecule has 1 aliphatic heterocycles. The molecule has 0 atom stereocenters.